The molecule has 0 radical (unpaired) electrons. The van der Waals surface area contributed by atoms with E-state index < -0.39 is 12.1 Å². The molecule has 3 heterocycles. The minimum absolute atomic E-state index is 0.267. The maximum atomic E-state index is 12.0. The molecule has 0 aliphatic heterocycles. The number of nitrogens with zero attached hydrogens (tertiary/aromatic N) is 2. The Balaban J connectivity index is 0.000000370. The number of furan rings is 1. The lowest BCUT2D eigenvalue weighted by Gasteiger charge is -2.00. The summed E-state index contributed by atoms with van der Waals surface area (Å²) < 4.78 is 44.1. The maximum absolute atomic E-state index is 12.0. The SMILES string of the molecule is COCc1ccc(C(=O)NCc2cn3c(C)cccc3n2)o1.O=C(O)C(F)(F)F. The van der Waals surface area contributed by atoms with Crippen LogP contribution in [0, 0.1) is 6.92 Å². The number of methoxy groups -OCH3 is 1. The van der Waals surface area contributed by atoms with Crippen molar-refractivity contribution in [2.45, 2.75) is 26.3 Å². The van der Waals surface area contributed by atoms with Crippen molar-refractivity contribution in [1.82, 2.24) is 14.7 Å². The maximum Gasteiger partial charge on any atom is 0.490 e. The molecule has 3 aromatic heterocycles. The number of carbonyl (C=O) groups excluding carboxylic acids is 1. The Morgan fingerprint density at radius 3 is 2.55 bits per heavy atom. The number of nitrogens with one attached hydrogen (secondary N) is 1. The van der Waals surface area contributed by atoms with Crippen LogP contribution in [0.2, 0.25) is 0 Å². The number of carboxylic acids is 1. The van der Waals surface area contributed by atoms with Crippen molar-refractivity contribution in [2.75, 3.05) is 7.11 Å². The fourth-order valence-electron chi connectivity index (χ4n) is 2.26. The monoisotopic (exact) mass is 413 g/mol. The molecule has 0 unspecified atom stereocenters. The van der Waals surface area contributed by atoms with Gasteiger partial charge in [0.1, 0.15) is 18.0 Å². The fraction of sp³-hybridized carbons (Fsp3) is 0.278. The molecule has 0 saturated heterocycles. The number of hydrogen-bond acceptors (Lipinski definition) is 5. The summed E-state index contributed by atoms with van der Waals surface area (Å²) in [6, 6.07) is 9.27. The van der Waals surface area contributed by atoms with E-state index in [2.05, 4.69) is 10.3 Å². The number of carboxylic acid groups (broad SMARTS) is 1. The van der Waals surface area contributed by atoms with Gasteiger partial charge >= 0.3 is 12.1 Å². The molecule has 0 atom stereocenters. The van der Waals surface area contributed by atoms with E-state index in [1.807, 2.05) is 35.7 Å². The molecule has 1 amide bonds. The second kappa shape index (κ2) is 9.24. The number of aromatic nitrogens is 2. The second-order valence-corrected chi connectivity index (χ2v) is 5.81. The highest BCUT2D eigenvalue weighted by Gasteiger charge is 2.38. The predicted octanol–water partition coefficient (Wildman–Crippen LogP) is 2.95. The zero-order valence-electron chi connectivity index (χ0n) is 15.5. The Labute approximate surface area is 162 Å². The predicted molar refractivity (Wildman–Crippen MR) is 94.2 cm³/mol. The minimum atomic E-state index is -5.08. The van der Waals surface area contributed by atoms with Gasteiger partial charge in [0.05, 0.1) is 12.2 Å². The lowest BCUT2D eigenvalue weighted by atomic mass is 10.4. The van der Waals surface area contributed by atoms with Gasteiger partial charge in [-0.1, -0.05) is 6.07 Å². The number of alkyl halides is 3. The molecular weight excluding hydrogens is 395 g/mol. The third-order valence-corrected chi connectivity index (χ3v) is 3.59. The Morgan fingerprint density at radius 2 is 1.97 bits per heavy atom. The Bertz CT molecular complexity index is 994. The quantitative estimate of drug-likeness (QED) is 0.666. The largest absolute Gasteiger partial charge is 0.490 e. The first-order chi connectivity index (χ1) is 13.6. The first-order valence-electron chi connectivity index (χ1n) is 8.21. The van der Waals surface area contributed by atoms with Crippen molar-refractivity contribution < 1.29 is 37.0 Å². The fourth-order valence-corrected chi connectivity index (χ4v) is 2.26. The molecule has 11 heteroatoms. The number of halogens is 3. The van der Waals surface area contributed by atoms with E-state index in [4.69, 9.17) is 19.1 Å². The molecule has 8 nitrogen and oxygen atoms in total. The van der Waals surface area contributed by atoms with E-state index >= 15 is 0 Å². The van der Waals surface area contributed by atoms with Crippen LogP contribution >= 0.6 is 0 Å². The van der Waals surface area contributed by atoms with Crippen molar-refractivity contribution in [1.29, 1.82) is 0 Å². The van der Waals surface area contributed by atoms with Gasteiger partial charge in [0.2, 0.25) is 0 Å². The number of imidazole rings is 1. The summed E-state index contributed by atoms with van der Waals surface area (Å²) in [5.74, 6) is -2.13. The number of amides is 1. The number of aryl methyl sites for hydroxylation is 1. The average Bonchev–Trinajstić information content (AvgIpc) is 3.27. The second-order valence-electron chi connectivity index (χ2n) is 5.81. The molecule has 3 aromatic rings. The van der Waals surface area contributed by atoms with Gasteiger partial charge < -0.3 is 24.0 Å². The summed E-state index contributed by atoms with van der Waals surface area (Å²) in [5.41, 5.74) is 2.76. The molecule has 0 fully saturated rings. The number of aliphatic carboxylic acids is 1. The first-order valence-corrected chi connectivity index (χ1v) is 8.21. The highest BCUT2D eigenvalue weighted by Crippen LogP contribution is 2.13. The normalized spacial score (nSPS) is 11.1. The van der Waals surface area contributed by atoms with Gasteiger partial charge in [0, 0.05) is 19.0 Å². The van der Waals surface area contributed by atoms with Crippen LogP contribution in [0.4, 0.5) is 13.2 Å². The summed E-state index contributed by atoms with van der Waals surface area (Å²) in [5, 5.41) is 9.93. The summed E-state index contributed by atoms with van der Waals surface area (Å²) in [6.45, 7) is 2.70. The van der Waals surface area contributed by atoms with Gasteiger partial charge in [-0.3, -0.25) is 4.79 Å². The van der Waals surface area contributed by atoms with Crippen LogP contribution in [-0.4, -0.2) is 39.7 Å². The Morgan fingerprint density at radius 1 is 1.28 bits per heavy atom. The molecule has 3 rings (SSSR count). The van der Waals surface area contributed by atoms with Crippen LogP contribution in [0.1, 0.15) is 27.7 Å². The number of carbonyl (C=O) groups is 2. The van der Waals surface area contributed by atoms with Gasteiger partial charge in [-0.05, 0) is 31.2 Å². The average molecular weight is 413 g/mol. The number of fused-ring (bicyclic) bond motifs is 1. The number of ether oxygens (including phenoxy) is 1. The third kappa shape index (κ3) is 6.07. The lowest BCUT2D eigenvalue weighted by Crippen LogP contribution is -2.22. The smallest absolute Gasteiger partial charge is 0.475 e. The zero-order chi connectivity index (χ0) is 21.6. The van der Waals surface area contributed by atoms with E-state index in [1.54, 1.807) is 19.2 Å². The van der Waals surface area contributed by atoms with Crippen molar-refractivity contribution in [3.05, 3.63) is 59.4 Å². The van der Waals surface area contributed by atoms with E-state index in [1.165, 1.54) is 0 Å². The molecule has 0 bridgehead atoms. The molecule has 0 saturated carbocycles. The van der Waals surface area contributed by atoms with E-state index in [0.717, 1.165) is 17.0 Å². The summed E-state index contributed by atoms with van der Waals surface area (Å²) in [7, 11) is 1.58. The van der Waals surface area contributed by atoms with Gasteiger partial charge in [0.25, 0.3) is 5.91 Å². The Hall–Kier alpha value is -3.34. The Kier molecular flexibility index (Phi) is 6.99. The molecule has 156 valence electrons. The molecule has 0 aliphatic rings. The van der Waals surface area contributed by atoms with E-state index in [-0.39, 0.29) is 11.7 Å². The highest BCUT2D eigenvalue weighted by molar-refractivity contribution is 5.91. The topological polar surface area (TPSA) is 106 Å². The van der Waals surface area contributed by atoms with Crippen molar-refractivity contribution in [2.24, 2.45) is 0 Å². The first kappa shape index (κ1) is 22.0. The van der Waals surface area contributed by atoms with Crippen molar-refractivity contribution >= 4 is 17.5 Å². The standard InChI is InChI=1S/C16H17N3O3.C2HF3O2/c1-11-4-3-5-15-18-12(9-19(11)15)8-17-16(20)14-7-6-13(22-14)10-21-2;3-2(4,5)1(6)7/h3-7,9H,8,10H2,1-2H3,(H,17,20);(H,6,7). The van der Waals surface area contributed by atoms with Crippen LogP contribution in [0.15, 0.2) is 40.9 Å². The van der Waals surface area contributed by atoms with Crippen LogP contribution in [0.5, 0.6) is 0 Å². The van der Waals surface area contributed by atoms with E-state index in [0.29, 0.717) is 18.9 Å². The van der Waals surface area contributed by atoms with Gasteiger partial charge in [-0.25, -0.2) is 9.78 Å². The number of rotatable bonds is 5. The minimum Gasteiger partial charge on any atom is -0.475 e. The third-order valence-electron chi connectivity index (χ3n) is 3.59. The molecule has 0 aromatic carbocycles. The van der Waals surface area contributed by atoms with Crippen LogP contribution in [-0.2, 0) is 22.7 Å². The van der Waals surface area contributed by atoms with Gasteiger partial charge in [0.15, 0.2) is 5.76 Å². The van der Waals surface area contributed by atoms with Crippen molar-refractivity contribution in [3.8, 4) is 0 Å². The van der Waals surface area contributed by atoms with Crippen LogP contribution in [0.25, 0.3) is 5.65 Å². The van der Waals surface area contributed by atoms with Crippen molar-refractivity contribution in [3.63, 3.8) is 0 Å². The molecule has 0 aliphatic carbocycles. The van der Waals surface area contributed by atoms with Crippen LogP contribution in [0.3, 0.4) is 0 Å². The summed E-state index contributed by atoms with van der Waals surface area (Å²) >= 11 is 0. The van der Waals surface area contributed by atoms with Crippen LogP contribution < -0.4 is 5.32 Å². The zero-order valence-corrected chi connectivity index (χ0v) is 15.5. The molecule has 2 N–H and O–H groups in total. The van der Waals surface area contributed by atoms with Gasteiger partial charge in [-0.2, -0.15) is 13.2 Å². The number of hydrogen-bond donors (Lipinski definition) is 2. The van der Waals surface area contributed by atoms with E-state index in [9.17, 15) is 18.0 Å². The molecule has 29 heavy (non-hydrogen) atoms. The highest BCUT2D eigenvalue weighted by atomic mass is 19.4. The number of pyridine rings is 1. The molecular formula is C18H18F3N3O5. The summed E-state index contributed by atoms with van der Waals surface area (Å²) in [6.07, 6.45) is -3.16. The molecule has 0 spiro atoms. The van der Waals surface area contributed by atoms with Gasteiger partial charge in [-0.15, -0.1) is 0 Å². The summed E-state index contributed by atoms with van der Waals surface area (Å²) in [4.78, 5) is 25.4. The lowest BCUT2D eigenvalue weighted by molar-refractivity contribution is -0.192.